The van der Waals surface area contributed by atoms with E-state index in [4.69, 9.17) is 0 Å². The maximum Gasteiger partial charge on any atom is 0.310 e. The Kier molecular flexibility index (Phi) is 4.02. The minimum Gasteiger partial charge on any atom is -0.469 e. The van der Waals surface area contributed by atoms with E-state index < -0.39 is 30.0 Å². The Morgan fingerprint density at radius 3 is 2.83 bits per heavy atom. The molecular weight excluding hydrogens is 322 g/mol. The Labute approximate surface area is 135 Å². The Hall–Kier alpha value is -2.08. The summed E-state index contributed by atoms with van der Waals surface area (Å²) < 4.78 is 32.5. The average Bonchev–Trinajstić information content (AvgIpc) is 3.06. The van der Waals surface area contributed by atoms with Crippen molar-refractivity contribution in [3.8, 4) is 10.4 Å². The number of methoxy groups -OCH3 is 1. The van der Waals surface area contributed by atoms with Gasteiger partial charge in [-0.2, -0.15) is 8.78 Å². The van der Waals surface area contributed by atoms with Gasteiger partial charge < -0.3 is 4.74 Å². The summed E-state index contributed by atoms with van der Waals surface area (Å²) in [5.41, 5.74) is 1.35. The molecule has 120 valence electrons. The molecule has 0 saturated heterocycles. The summed E-state index contributed by atoms with van der Waals surface area (Å²) in [6, 6.07) is 8.65. The molecule has 1 aliphatic rings. The number of ketones is 1. The number of Topliss-reactive ketones (excluding diaryl/α,β-unsaturated/α-hetero) is 1. The van der Waals surface area contributed by atoms with E-state index in [0.717, 1.165) is 10.4 Å². The molecule has 0 fully saturated rings. The molecule has 1 heterocycles. The maximum atomic E-state index is 14.0. The summed E-state index contributed by atoms with van der Waals surface area (Å²) >= 11 is 1.52. The molecule has 1 aromatic heterocycles. The van der Waals surface area contributed by atoms with Crippen molar-refractivity contribution in [1.82, 2.24) is 0 Å². The molecule has 0 amide bonds. The van der Waals surface area contributed by atoms with E-state index in [1.165, 1.54) is 24.5 Å². The van der Waals surface area contributed by atoms with Crippen molar-refractivity contribution in [2.45, 2.75) is 24.7 Å². The number of ether oxygens (including phenoxy) is 1. The molecule has 2 aromatic rings. The molecule has 3 nitrogen and oxygen atoms in total. The molecule has 1 unspecified atom stereocenters. The van der Waals surface area contributed by atoms with Crippen LogP contribution in [0.2, 0.25) is 0 Å². The first-order valence-electron chi connectivity index (χ1n) is 7.09. The molecule has 23 heavy (non-hydrogen) atoms. The van der Waals surface area contributed by atoms with Crippen LogP contribution in [0.15, 0.2) is 35.7 Å². The Morgan fingerprint density at radius 2 is 2.17 bits per heavy atom. The highest BCUT2D eigenvalue weighted by atomic mass is 32.1. The van der Waals surface area contributed by atoms with Gasteiger partial charge in [0, 0.05) is 22.8 Å². The molecular formula is C17H14F2O3S. The molecule has 1 aliphatic carbocycles. The van der Waals surface area contributed by atoms with Crippen molar-refractivity contribution in [3.63, 3.8) is 0 Å². The molecule has 6 heteroatoms. The number of alkyl halides is 2. The van der Waals surface area contributed by atoms with Crippen molar-refractivity contribution < 1.29 is 23.1 Å². The second kappa shape index (κ2) is 5.85. The van der Waals surface area contributed by atoms with Crippen molar-refractivity contribution in [2.24, 2.45) is 0 Å². The molecule has 0 N–H and O–H groups in total. The predicted octanol–water partition coefficient (Wildman–Crippen LogP) is 4.28. The van der Waals surface area contributed by atoms with Gasteiger partial charge >= 0.3 is 11.9 Å². The number of esters is 1. The molecule has 1 aromatic carbocycles. The lowest BCUT2D eigenvalue weighted by Gasteiger charge is -2.30. The van der Waals surface area contributed by atoms with E-state index >= 15 is 0 Å². The molecule has 0 saturated carbocycles. The molecule has 1 atom stereocenters. The second-order valence-corrected chi connectivity index (χ2v) is 6.44. The number of carbonyl (C=O) groups is 2. The fourth-order valence-electron chi connectivity index (χ4n) is 2.88. The van der Waals surface area contributed by atoms with Gasteiger partial charge in [-0.05, 0) is 28.6 Å². The van der Waals surface area contributed by atoms with E-state index in [9.17, 15) is 18.4 Å². The van der Waals surface area contributed by atoms with Gasteiger partial charge in [0.2, 0.25) is 5.78 Å². The third-order valence-corrected chi connectivity index (χ3v) is 4.94. The van der Waals surface area contributed by atoms with E-state index in [-0.39, 0.29) is 12.0 Å². The zero-order valence-corrected chi connectivity index (χ0v) is 13.2. The average molecular weight is 336 g/mol. The minimum absolute atomic E-state index is 0.00420. The van der Waals surface area contributed by atoms with Gasteiger partial charge in [0.15, 0.2) is 0 Å². The number of hydrogen-bond acceptors (Lipinski definition) is 4. The Bertz CT molecular complexity index is 753. The van der Waals surface area contributed by atoms with Crippen LogP contribution < -0.4 is 0 Å². The third kappa shape index (κ3) is 2.91. The van der Waals surface area contributed by atoms with Crippen LogP contribution in [0.4, 0.5) is 8.78 Å². The molecule has 0 spiro atoms. The third-order valence-electron chi connectivity index (χ3n) is 4.02. The predicted molar refractivity (Wildman–Crippen MR) is 83.0 cm³/mol. The summed E-state index contributed by atoms with van der Waals surface area (Å²) in [5, 5.41) is 1.92. The Morgan fingerprint density at radius 1 is 1.39 bits per heavy atom. The van der Waals surface area contributed by atoms with Crippen LogP contribution in [0.25, 0.3) is 10.4 Å². The first-order valence-corrected chi connectivity index (χ1v) is 7.97. The van der Waals surface area contributed by atoms with Gasteiger partial charge in [-0.15, -0.1) is 11.3 Å². The van der Waals surface area contributed by atoms with Crippen LogP contribution in [0.5, 0.6) is 0 Å². The molecule has 3 rings (SSSR count). The quantitative estimate of drug-likeness (QED) is 0.786. The van der Waals surface area contributed by atoms with Crippen LogP contribution in [-0.4, -0.2) is 24.8 Å². The van der Waals surface area contributed by atoms with Gasteiger partial charge in [-0.1, -0.05) is 18.2 Å². The topological polar surface area (TPSA) is 43.4 Å². The maximum absolute atomic E-state index is 14.0. The van der Waals surface area contributed by atoms with E-state index in [2.05, 4.69) is 4.74 Å². The van der Waals surface area contributed by atoms with E-state index in [1.807, 2.05) is 17.5 Å². The SMILES string of the molecule is COC(=O)CC1CC(F)(F)C(=O)c2ccc(-c3cccs3)cc21. The molecule has 0 radical (unpaired) electrons. The van der Waals surface area contributed by atoms with Gasteiger partial charge in [-0.3, -0.25) is 9.59 Å². The number of hydrogen-bond donors (Lipinski definition) is 0. The number of fused-ring (bicyclic) bond motifs is 1. The van der Waals surface area contributed by atoms with Gasteiger partial charge in [0.05, 0.1) is 13.5 Å². The molecule has 0 bridgehead atoms. The summed E-state index contributed by atoms with van der Waals surface area (Å²) in [5.74, 6) is -5.92. The van der Waals surface area contributed by atoms with E-state index in [0.29, 0.717) is 5.56 Å². The zero-order chi connectivity index (χ0) is 16.6. The summed E-state index contributed by atoms with van der Waals surface area (Å²) in [7, 11) is 1.22. The first kappa shape index (κ1) is 15.8. The van der Waals surface area contributed by atoms with Gasteiger partial charge in [0.1, 0.15) is 0 Å². The normalized spacial score (nSPS) is 19.3. The fraction of sp³-hybridized carbons (Fsp3) is 0.294. The zero-order valence-electron chi connectivity index (χ0n) is 12.3. The van der Waals surface area contributed by atoms with E-state index in [1.54, 1.807) is 12.1 Å². The first-order chi connectivity index (χ1) is 10.9. The number of benzene rings is 1. The summed E-state index contributed by atoms with van der Waals surface area (Å²) in [6.45, 7) is 0. The Balaban J connectivity index is 2.07. The largest absolute Gasteiger partial charge is 0.469 e. The van der Waals surface area contributed by atoms with Gasteiger partial charge in [-0.25, -0.2) is 0 Å². The monoisotopic (exact) mass is 336 g/mol. The lowest BCUT2D eigenvalue weighted by atomic mass is 9.77. The summed E-state index contributed by atoms with van der Waals surface area (Å²) in [4.78, 5) is 24.5. The lowest BCUT2D eigenvalue weighted by molar-refractivity contribution is -0.141. The standard InChI is InChI=1S/C17H14F2O3S/c1-22-15(20)8-11-9-17(18,19)16(21)12-5-4-10(7-13(11)12)14-3-2-6-23-14/h2-7,11H,8-9H2,1H3. The van der Waals surface area contributed by atoms with Crippen molar-refractivity contribution >= 4 is 23.1 Å². The number of halogens is 2. The van der Waals surface area contributed by atoms with Crippen LogP contribution in [0.1, 0.15) is 34.7 Å². The number of carbonyl (C=O) groups excluding carboxylic acids is 2. The second-order valence-electron chi connectivity index (χ2n) is 5.49. The van der Waals surface area contributed by atoms with Crippen LogP contribution >= 0.6 is 11.3 Å². The van der Waals surface area contributed by atoms with Crippen LogP contribution in [0.3, 0.4) is 0 Å². The van der Waals surface area contributed by atoms with Gasteiger partial charge in [0.25, 0.3) is 0 Å². The smallest absolute Gasteiger partial charge is 0.310 e. The van der Waals surface area contributed by atoms with Crippen LogP contribution in [-0.2, 0) is 9.53 Å². The number of thiophene rings is 1. The highest BCUT2D eigenvalue weighted by molar-refractivity contribution is 7.13. The highest BCUT2D eigenvalue weighted by Gasteiger charge is 2.47. The van der Waals surface area contributed by atoms with Crippen molar-refractivity contribution in [3.05, 3.63) is 46.8 Å². The molecule has 0 aliphatic heterocycles. The van der Waals surface area contributed by atoms with Crippen molar-refractivity contribution in [1.29, 1.82) is 0 Å². The summed E-state index contributed by atoms with van der Waals surface area (Å²) in [6.07, 6.45) is -0.831. The van der Waals surface area contributed by atoms with Crippen molar-refractivity contribution in [2.75, 3.05) is 7.11 Å². The van der Waals surface area contributed by atoms with Crippen LogP contribution in [0, 0.1) is 0 Å². The lowest BCUT2D eigenvalue weighted by Crippen LogP contribution is -2.37. The number of rotatable bonds is 3. The fourth-order valence-corrected chi connectivity index (χ4v) is 3.60. The highest BCUT2D eigenvalue weighted by Crippen LogP contribution is 2.43. The minimum atomic E-state index is -3.45.